The van der Waals surface area contributed by atoms with Crippen molar-refractivity contribution < 1.29 is 18.6 Å². The van der Waals surface area contributed by atoms with E-state index >= 15 is 0 Å². The quantitative estimate of drug-likeness (QED) is 0.520. The van der Waals surface area contributed by atoms with Crippen LogP contribution < -0.4 is 11.5 Å². The first-order valence-electron chi connectivity index (χ1n) is 5.21. The zero-order chi connectivity index (χ0) is 13.6. The predicted molar refractivity (Wildman–Crippen MR) is 62.4 cm³/mol. The molecule has 0 aliphatic carbocycles. The maximum absolute atomic E-state index is 14.0. The summed E-state index contributed by atoms with van der Waals surface area (Å²) in [5, 5.41) is 9.73. The number of nitrogens with two attached hydrogens (primary N) is 2. The van der Waals surface area contributed by atoms with E-state index in [-0.39, 0.29) is 23.0 Å². The fraction of sp³-hybridized carbons (Fsp3) is 0.364. The molecule has 1 heterocycles. The van der Waals surface area contributed by atoms with E-state index in [1.165, 1.54) is 25.1 Å². The van der Waals surface area contributed by atoms with Crippen LogP contribution in [0.4, 0.5) is 14.5 Å². The Hall–Kier alpha value is -2.05. The fourth-order valence-corrected chi connectivity index (χ4v) is 1.84. The zero-order valence-electron chi connectivity index (χ0n) is 9.65. The highest BCUT2D eigenvalue weighted by Gasteiger charge is 2.56. The maximum atomic E-state index is 14.0. The van der Waals surface area contributed by atoms with Gasteiger partial charge in [-0.25, -0.2) is 4.99 Å². The number of halogens is 2. The smallest absolute Gasteiger partial charge is 0.310 e. The Kier molecular flexibility index (Phi) is 2.57. The number of anilines is 1. The van der Waals surface area contributed by atoms with E-state index in [0.717, 1.165) is 0 Å². The highest BCUT2D eigenvalue weighted by Crippen LogP contribution is 2.46. The van der Waals surface area contributed by atoms with Crippen LogP contribution in [0.2, 0.25) is 0 Å². The van der Waals surface area contributed by atoms with Gasteiger partial charge in [0.1, 0.15) is 5.75 Å². The van der Waals surface area contributed by atoms with Gasteiger partial charge in [-0.05, 0) is 25.1 Å². The normalized spacial score (nSPS) is 26.3. The fourth-order valence-electron chi connectivity index (χ4n) is 1.84. The number of nitrogens with zero attached hydrogens (tertiary/aromatic N) is 1. The number of nitrogen functional groups attached to an aromatic ring is 1. The van der Waals surface area contributed by atoms with Crippen LogP contribution in [0, 0.1) is 0 Å². The standard InChI is InChI=1S/C11H13F2N3O2/c1-10(7-4-6(14)2-3-8(7)17)11(12,13)5-18-9(15)16-10/h2-4,17H,5,14H2,1H3,(H2,15,16)/t10-/m1/s1. The second kappa shape index (κ2) is 3.72. The Bertz CT molecular complexity index is 519. The molecule has 18 heavy (non-hydrogen) atoms. The molecule has 1 aromatic carbocycles. The lowest BCUT2D eigenvalue weighted by atomic mass is 9.85. The summed E-state index contributed by atoms with van der Waals surface area (Å²) in [6.45, 7) is 0.282. The Morgan fingerprint density at radius 2 is 2.06 bits per heavy atom. The molecule has 0 amide bonds. The van der Waals surface area contributed by atoms with Crippen LogP contribution in [0.5, 0.6) is 5.75 Å². The largest absolute Gasteiger partial charge is 0.508 e. The molecule has 0 bridgehead atoms. The summed E-state index contributed by atoms with van der Waals surface area (Å²) >= 11 is 0. The molecule has 0 unspecified atom stereocenters. The lowest BCUT2D eigenvalue weighted by molar-refractivity contribution is -0.116. The maximum Gasteiger partial charge on any atom is 0.310 e. The van der Waals surface area contributed by atoms with Crippen molar-refractivity contribution >= 4 is 11.7 Å². The molecule has 1 aliphatic heterocycles. The zero-order valence-corrected chi connectivity index (χ0v) is 9.65. The second-order valence-electron chi connectivity index (χ2n) is 4.29. The molecule has 0 spiro atoms. The van der Waals surface area contributed by atoms with Crippen molar-refractivity contribution in [1.29, 1.82) is 0 Å². The number of amidine groups is 1. The SMILES string of the molecule is C[C@]1(c2cc(N)ccc2O)N=C(N)OCC1(F)F. The van der Waals surface area contributed by atoms with Crippen LogP contribution in [0.15, 0.2) is 23.2 Å². The van der Waals surface area contributed by atoms with Crippen molar-refractivity contribution in [3.8, 4) is 5.75 Å². The summed E-state index contributed by atoms with van der Waals surface area (Å²) in [6.07, 6.45) is 0. The molecular formula is C11H13F2N3O2. The first-order chi connectivity index (χ1) is 8.26. The van der Waals surface area contributed by atoms with Crippen LogP contribution in [0.3, 0.4) is 0 Å². The minimum atomic E-state index is -3.30. The van der Waals surface area contributed by atoms with Gasteiger partial charge >= 0.3 is 5.92 Å². The Labute approximate surface area is 102 Å². The van der Waals surface area contributed by atoms with E-state index < -0.39 is 18.1 Å². The molecular weight excluding hydrogens is 244 g/mol. The van der Waals surface area contributed by atoms with Gasteiger partial charge in [-0.1, -0.05) is 0 Å². The number of ether oxygens (including phenoxy) is 1. The highest BCUT2D eigenvalue weighted by molar-refractivity contribution is 5.73. The van der Waals surface area contributed by atoms with Gasteiger partial charge in [-0.3, -0.25) is 0 Å². The third-order valence-corrected chi connectivity index (χ3v) is 2.99. The number of rotatable bonds is 1. The molecule has 0 fully saturated rings. The minimum absolute atomic E-state index is 0.0845. The number of hydrogen-bond donors (Lipinski definition) is 3. The number of benzene rings is 1. The first-order valence-corrected chi connectivity index (χ1v) is 5.21. The van der Waals surface area contributed by atoms with Crippen LogP contribution >= 0.6 is 0 Å². The number of phenols is 1. The topological polar surface area (TPSA) is 93.9 Å². The summed E-state index contributed by atoms with van der Waals surface area (Å²) in [5.74, 6) is -3.62. The summed E-state index contributed by atoms with van der Waals surface area (Å²) in [6, 6.07) is 3.57. The average Bonchev–Trinajstić information content (AvgIpc) is 2.28. The molecule has 2 rings (SSSR count). The average molecular weight is 257 g/mol. The van der Waals surface area contributed by atoms with Gasteiger partial charge in [0, 0.05) is 11.3 Å². The molecule has 5 nitrogen and oxygen atoms in total. The van der Waals surface area contributed by atoms with Crippen molar-refractivity contribution in [2.45, 2.75) is 18.4 Å². The van der Waals surface area contributed by atoms with Crippen molar-refractivity contribution in [2.24, 2.45) is 10.7 Å². The van der Waals surface area contributed by atoms with Crippen LogP contribution in [-0.4, -0.2) is 23.7 Å². The number of aromatic hydroxyl groups is 1. The third-order valence-electron chi connectivity index (χ3n) is 2.99. The molecule has 0 saturated heterocycles. The van der Waals surface area contributed by atoms with Gasteiger partial charge < -0.3 is 21.3 Å². The van der Waals surface area contributed by atoms with E-state index in [1.54, 1.807) is 0 Å². The van der Waals surface area contributed by atoms with Crippen molar-refractivity contribution in [3.05, 3.63) is 23.8 Å². The minimum Gasteiger partial charge on any atom is -0.508 e. The number of phenolic OH excluding ortho intramolecular Hbond substituents is 1. The number of aliphatic imine (C=N–C) groups is 1. The first kappa shape index (κ1) is 12.4. The lowest BCUT2D eigenvalue weighted by Gasteiger charge is -2.37. The monoisotopic (exact) mass is 257 g/mol. The molecule has 98 valence electrons. The summed E-state index contributed by atoms with van der Waals surface area (Å²) in [5.41, 5.74) is 9.05. The summed E-state index contributed by atoms with van der Waals surface area (Å²) in [4.78, 5) is 3.65. The van der Waals surface area contributed by atoms with E-state index in [0.29, 0.717) is 0 Å². The number of hydrogen-bond acceptors (Lipinski definition) is 5. The Morgan fingerprint density at radius 3 is 2.72 bits per heavy atom. The molecule has 7 heteroatoms. The van der Waals surface area contributed by atoms with Gasteiger partial charge in [0.05, 0.1) is 0 Å². The molecule has 1 aromatic rings. The van der Waals surface area contributed by atoms with Gasteiger partial charge in [-0.15, -0.1) is 0 Å². The van der Waals surface area contributed by atoms with Crippen molar-refractivity contribution in [3.63, 3.8) is 0 Å². The van der Waals surface area contributed by atoms with Gasteiger partial charge in [-0.2, -0.15) is 8.78 Å². The Morgan fingerprint density at radius 1 is 1.39 bits per heavy atom. The van der Waals surface area contributed by atoms with Gasteiger partial charge in [0.25, 0.3) is 6.02 Å². The molecule has 0 saturated carbocycles. The summed E-state index contributed by atoms with van der Waals surface area (Å²) in [7, 11) is 0. The van der Waals surface area contributed by atoms with Crippen LogP contribution in [-0.2, 0) is 10.3 Å². The van der Waals surface area contributed by atoms with E-state index in [1.807, 2.05) is 0 Å². The van der Waals surface area contributed by atoms with Crippen LogP contribution in [0.1, 0.15) is 12.5 Å². The van der Waals surface area contributed by atoms with E-state index in [9.17, 15) is 13.9 Å². The Balaban J connectivity index is 2.65. The molecule has 1 atom stereocenters. The second-order valence-corrected chi connectivity index (χ2v) is 4.29. The van der Waals surface area contributed by atoms with Crippen molar-refractivity contribution in [2.75, 3.05) is 12.3 Å². The van der Waals surface area contributed by atoms with Gasteiger partial charge in [0.2, 0.25) is 0 Å². The molecule has 0 radical (unpaired) electrons. The van der Waals surface area contributed by atoms with E-state index in [2.05, 4.69) is 9.73 Å². The lowest BCUT2D eigenvalue weighted by Crippen LogP contribution is -2.50. The number of alkyl halides is 2. The van der Waals surface area contributed by atoms with Crippen LogP contribution in [0.25, 0.3) is 0 Å². The molecule has 5 N–H and O–H groups in total. The highest BCUT2D eigenvalue weighted by atomic mass is 19.3. The van der Waals surface area contributed by atoms with Crippen molar-refractivity contribution in [1.82, 2.24) is 0 Å². The van der Waals surface area contributed by atoms with E-state index in [4.69, 9.17) is 11.5 Å². The predicted octanol–water partition coefficient (Wildman–Crippen LogP) is 1.17. The summed E-state index contributed by atoms with van der Waals surface area (Å²) < 4.78 is 32.5. The van der Waals surface area contributed by atoms with Gasteiger partial charge in [0.15, 0.2) is 12.1 Å². The molecule has 1 aliphatic rings. The third kappa shape index (κ3) is 1.71. The molecule has 0 aromatic heterocycles.